The van der Waals surface area contributed by atoms with Crippen molar-refractivity contribution in [1.29, 1.82) is 0 Å². The molecule has 180 valence electrons. The average Bonchev–Trinajstić information content (AvgIpc) is 3.28. The number of carboxylic acids is 1. The summed E-state index contributed by atoms with van der Waals surface area (Å²) in [6, 6.07) is 19.2. The molecule has 5 rings (SSSR count). The lowest BCUT2D eigenvalue weighted by Crippen LogP contribution is -2.23. The van der Waals surface area contributed by atoms with E-state index >= 15 is 0 Å². The summed E-state index contributed by atoms with van der Waals surface area (Å²) in [5, 5.41) is 15.3. The highest BCUT2D eigenvalue weighted by Gasteiger charge is 2.17. The van der Waals surface area contributed by atoms with Crippen LogP contribution in [0.15, 0.2) is 81.0 Å². The Morgan fingerprint density at radius 3 is 2.78 bits per heavy atom. The smallest absolute Gasteiger partial charge is 0.344 e. The molecule has 0 aliphatic heterocycles. The summed E-state index contributed by atoms with van der Waals surface area (Å²) in [6.45, 7) is 1.46. The summed E-state index contributed by atoms with van der Waals surface area (Å²) >= 11 is 8.17. The number of carboxylic acid groups (broad SMARTS) is 1. The molecule has 3 aromatic carbocycles. The van der Waals surface area contributed by atoms with Gasteiger partial charge in [0.1, 0.15) is 11.3 Å². The van der Waals surface area contributed by atoms with Crippen molar-refractivity contribution < 1.29 is 19.1 Å². The standard InChI is InChI=1S/C26H17ClIN3O5/c1-14(26(33)34)35-22-8-6-15(10-19(22)28)13-29-31-24(30-20-5-3-2-4-18(20)25(31)32)23-12-16-11-17(27)7-9-21(16)36-23/h2-14H,1H3,(H,33,34)/t14-/m1/s1. The van der Waals surface area contributed by atoms with Gasteiger partial charge in [-0.1, -0.05) is 23.7 Å². The number of benzene rings is 3. The van der Waals surface area contributed by atoms with Gasteiger partial charge in [-0.2, -0.15) is 9.78 Å². The number of halogens is 2. The first-order valence-electron chi connectivity index (χ1n) is 10.7. The topological polar surface area (TPSA) is 107 Å². The second-order valence-corrected chi connectivity index (χ2v) is 9.49. The van der Waals surface area contributed by atoms with Gasteiger partial charge in [0.25, 0.3) is 5.56 Å². The Hall–Kier alpha value is -3.70. The van der Waals surface area contributed by atoms with Crippen LogP contribution in [0, 0.1) is 3.57 Å². The Kier molecular flexibility index (Phi) is 6.50. The molecule has 1 atom stereocenters. The van der Waals surface area contributed by atoms with E-state index in [0.717, 1.165) is 5.39 Å². The summed E-state index contributed by atoms with van der Waals surface area (Å²) < 4.78 is 13.3. The third kappa shape index (κ3) is 4.71. The summed E-state index contributed by atoms with van der Waals surface area (Å²) in [4.78, 5) is 29.1. The largest absolute Gasteiger partial charge is 0.479 e. The quantitative estimate of drug-likeness (QED) is 0.192. The first kappa shape index (κ1) is 24.0. The molecule has 1 N–H and O–H groups in total. The third-order valence-corrected chi connectivity index (χ3v) is 6.46. The lowest BCUT2D eigenvalue weighted by atomic mass is 10.2. The van der Waals surface area contributed by atoms with E-state index < -0.39 is 12.1 Å². The molecule has 2 heterocycles. The molecule has 0 radical (unpaired) electrons. The van der Waals surface area contributed by atoms with Crippen LogP contribution < -0.4 is 10.3 Å². The van der Waals surface area contributed by atoms with Crippen LogP contribution in [0.25, 0.3) is 33.5 Å². The van der Waals surface area contributed by atoms with Crippen LogP contribution in [-0.4, -0.2) is 33.1 Å². The Morgan fingerprint density at radius 1 is 1.19 bits per heavy atom. The predicted molar refractivity (Wildman–Crippen MR) is 146 cm³/mol. The van der Waals surface area contributed by atoms with E-state index in [9.17, 15) is 9.59 Å². The summed E-state index contributed by atoms with van der Waals surface area (Å²) in [6.07, 6.45) is 0.537. The number of hydrogen-bond acceptors (Lipinski definition) is 6. The van der Waals surface area contributed by atoms with Gasteiger partial charge in [-0.15, -0.1) is 0 Å². The van der Waals surface area contributed by atoms with E-state index in [2.05, 4.69) is 32.7 Å². The molecule has 5 aromatic rings. The van der Waals surface area contributed by atoms with E-state index in [1.807, 2.05) is 0 Å². The molecule has 0 bridgehead atoms. The molecule has 8 nitrogen and oxygen atoms in total. The molecular weight excluding hydrogens is 597 g/mol. The number of para-hydroxylation sites is 1. The first-order valence-corrected chi connectivity index (χ1v) is 12.2. The summed E-state index contributed by atoms with van der Waals surface area (Å²) in [5.74, 6) is -0.00529. The molecule has 0 fully saturated rings. The summed E-state index contributed by atoms with van der Waals surface area (Å²) in [7, 11) is 0. The van der Waals surface area contributed by atoms with Gasteiger partial charge in [0.05, 0.1) is 20.7 Å². The van der Waals surface area contributed by atoms with Gasteiger partial charge in [-0.3, -0.25) is 4.79 Å². The minimum absolute atomic E-state index is 0.243. The molecule has 0 unspecified atom stereocenters. The highest BCUT2D eigenvalue weighted by atomic mass is 127. The minimum atomic E-state index is -1.06. The zero-order valence-electron chi connectivity index (χ0n) is 18.7. The Bertz CT molecular complexity index is 1730. The van der Waals surface area contributed by atoms with Crippen LogP contribution in [0.4, 0.5) is 0 Å². The highest BCUT2D eigenvalue weighted by molar-refractivity contribution is 14.1. The Morgan fingerprint density at radius 2 is 2.00 bits per heavy atom. The lowest BCUT2D eigenvalue weighted by Gasteiger charge is -2.12. The van der Waals surface area contributed by atoms with Crippen LogP contribution in [0.3, 0.4) is 0 Å². The van der Waals surface area contributed by atoms with E-state index in [1.165, 1.54) is 17.8 Å². The normalized spacial score (nSPS) is 12.4. The van der Waals surface area contributed by atoms with Crippen LogP contribution in [0.5, 0.6) is 5.75 Å². The van der Waals surface area contributed by atoms with Gasteiger partial charge >= 0.3 is 5.97 Å². The molecule has 0 saturated carbocycles. The van der Waals surface area contributed by atoms with Crippen molar-refractivity contribution in [2.75, 3.05) is 0 Å². The molecule has 0 aliphatic rings. The van der Waals surface area contributed by atoms with E-state index in [0.29, 0.717) is 42.2 Å². The number of fused-ring (bicyclic) bond motifs is 2. The van der Waals surface area contributed by atoms with Crippen LogP contribution in [0.2, 0.25) is 5.02 Å². The predicted octanol–water partition coefficient (Wildman–Crippen LogP) is 5.80. The van der Waals surface area contributed by atoms with Gasteiger partial charge < -0.3 is 14.3 Å². The lowest BCUT2D eigenvalue weighted by molar-refractivity contribution is -0.144. The molecule has 0 spiro atoms. The van der Waals surface area contributed by atoms with Crippen molar-refractivity contribution in [2.45, 2.75) is 13.0 Å². The maximum absolute atomic E-state index is 13.4. The molecule has 10 heteroatoms. The second kappa shape index (κ2) is 9.75. The Balaban J connectivity index is 1.59. The van der Waals surface area contributed by atoms with Gasteiger partial charge in [0.15, 0.2) is 11.9 Å². The van der Waals surface area contributed by atoms with Crippen molar-refractivity contribution in [3.05, 3.63) is 91.2 Å². The van der Waals surface area contributed by atoms with Gasteiger partial charge in [0.2, 0.25) is 5.82 Å². The minimum Gasteiger partial charge on any atom is -0.479 e. The van der Waals surface area contributed by atoms with Crippen LogP contribution in [0.1, 0.15) is 12.5 Å². The first-order chi connectivity index (χ1) is 17.3. The number of nitrogens with zero attached hydrogens (tertiary/aromatic N) is 3. The molecule has 2 aromatic heterocycles. The number of rotatable bonds is 6. The average molecular weight is 614 g/mol. The molecular formula is C26H17ClIN3O5. The third-order valence-electron chi connectivity index (χ3n) is 5.38. The van der Waals surface area contributed by atoms with Crippen LogP contribution >= 0.6 is 34.2 Å². The molecule has 36 heavy (non-hydrogen) atoms. The van der Waals surface area contributed by atoms with E-state index in [1.54, 1.807) is 66.7 Å². The van der Waals surface area contributed by atoms with Crippen LogP contribution in [-0.2, 0) is 4.79 Å². The monoisotopic (exact) mass is 613 g/mol. The number of aliphatic carboxylic acids is 1. The van der Waals surface area contributed by atoms with Gasteiger partial charge in [0, 0.05) is 10.4 Å². The number of aromatic nitrogens is 2. The number of hydrogen-bond donors (Lipinski definition) is 1. The fourth-order valence-electron chi connectivity index (χ4n) is 3.57. The fourth-order valence-corrected chi connectivity index (χ4v) is 4.42. The number of ether oxygens (including phenoxy) is 1. The number of carbonyl (C=O) groups is 1. The Labute approximate surface area is 222 Å². The summed E-state index contributed by atoms with van der Waals surface area (Å²) in [5.41, 5.74) is 1.45. The van der Waals surface area contributed by atoms with Gasteiger partial charge in [-0.25, -0.2) is 9.78 Å². The van der Waals surface area contributed by atoms with Crippen molar-refractivity contribution in [3.63, 3.8) is 0 Å². The SMILES string of the molecule is C[C@@H](Oc1ccc(C=Nn2c(-c3cc4cc(Cl)ccc4o3)nc3ccccc3c2=O)cc1I)C(=O)O. The van der Waals surface area contributed by atoms with Crippen molar-refractivity contribution in [1.82, 2.24) is 9.66 Å². The molecule has 0 saturated heterocycles. The maximum Gasteiger partial charge on any atom is 0.344 e. The molecule has 0 amide bonds. The van der Waals surface area contributed by atoms with Gasteiger partial charge in [-0.05, 0) is 89.7 Å². The maximum atomic E-state index is 13.4. The van der Waals surface area contributed by atoms with Crippen molar-refractivity contribution in [3.8, 4) is 17.3 Å². The highest BCUT2D eigenvalue weighted by Crippen LogP contribution is 2.29. The second-order valence-electron chi connectivity index (χ2n) is 7.90. The zero-order valence-corrected chi connectivity index (χ0v) is 21.6. The van der Waals surface area contributed by atoms with Crippen molar-refractivity contribution in [2.24, 2.45) is 5.10 Å². The van der Waals surface area contributed by atoms with Crippen molar-refractivity contribution >= 4 is 68.2 Å². The fraction of sp³-hybridized carbons (Fsp3) is 0.0769. The molecule has 0 aliphatic carbocycles. The number of furan rings is 1. The van der Waals surface area contributed by atoms with E-state index in [-0.39, 0.29) is 11.4 Å². The van der Waals surface area contributed by atoms with E-state index in [4.69, 9.17) is 25.9 Å². The zero-order chi connectivity index (χ0) is 25.4.